The van der Waals surface area contributed by atoms with Crippen molar-refractivity contribution in [3.63, 3.8) is 0 Å². The molecule has 0 unspecified atom stereocenters. The summed E-state index contributed by atoms with van der Waals surface area (Å²) in [5, 5.41) is 1.78. The Balaban J connectivity index is 2.79. The summed E-state index contributed by atoms with van der Waals surface area (Å²) in [6.45, 7) is 1.10. The van der Waals surface area contributed by atoms with Crippen LogP contribution in [0.4, 0.5) is 18.9 Å². The fraction of sp³-hybridized carbons (Fsp3) is 0.143. The molecular weight excluding hydrogens is 335 g/mol. The van der Waals surface area contributed by atoms with Crippen LogP contribution in [0.1, 0.15) is 11.8 Å². The predicted octanol–water partition coefficient (Wildman–Crippen LogP) is 5.09. The van der Waals surface area contributed by atoms with Crippen LogP contribution in [-0.2, 0) is 11.0 Å². The fourth-order valence-corrected chi connectivity index (χ4v) is 2.93. The van der Waals surface area contributed by atoms with E-state index in [9.17, 15) is 18.0 Å². The quantitative estimate of drug-likeness (QED) is 0.442. The van der Waals surface area contributed by atoms with E-state index in [1.165, 1.54) is 12.1 Å². The molecule has 0 radical (unpaired) electrons. The van der Waals surface area contributed by atoms with Gasteiger partial charge in [-0.15, -0.1) is 0 Å². The summed E-state index contributed by atoms with van der Waals surface area (Å²) in [5.74, 6) is -0.740. The third-order valence-corrected chi connectivity index (χ3v) is 3.76. The molecule has 2 aromatic rings. The minimum atomic E-state index is -4.61. The zero-order valence-corrected chi connectivity index (χ0v) is 12.7. The van der Waals surface area contributed by atoms with Crippen LogP contribution in [0.15, 0.2) is 35.3 Å². The molecule has 0 aliphatic heterocycles. The summed E-state index contributed by atoms with van der Waals surface area (Å²) in [5.41, 5.74) is -0.0195. The molecule has 0 bridgehead atoms. The number of hydrogen-bond donors (Lipinski definition) is 0. The summed E-state index contributed by atoms with van der Waals surface area (Å²) in [6, 6.07) is 7.90. The van der Waals surface area contributed by atoms with Crippen LogP contribution in [-0.4, -0.2) is 11.1 Å². The van der Waals surface area contributed by atoms with E-state index in [2.05, 4.69) is 17.2 Å². The van der Waals surface area contributed by atoms with Gasteiger partial charge in [-0.05, 0) is 17.8 Å². The Kier molecular flexibility index (Phi) is 4.75. The lowest BCUT2D eigenvalue weighted by molar-refractivity contribution is -0.134. The number of alkyl halides is 3. The van der Waals surface area contributed by atoms with Gasteiger partial charge in [0.2, 0.25) is 5.06 Å². The highest BCUT2D eigenvalue weighted by Crippen LogP contribution is 2.53. The van der Waals surface area contributed by atoms with Gasteiger partial charge in [-0.25, -0.2) is 0 Å². The number of thiophene rings is 1. The number of ether oxygens (including phenoxy) is 1. The standard InChI is InChI=1S/C14H8F3NO2S2/c1-8(19)20-13-11(18-7-21)10(9-5-3-2-4-6-9)12(22-13)14(15,16)17/h2-6H,1H3. The highest BCUT2D eigenvalue weighted by molar-refractivity contribution is 7.78. The van der Waals surface area contributed by atoms with E-state index < -0.39 is 17.0 Å². The van der Waals surface area contributed by atoms with Crippen molar-refractivity contribution in [3.8, 4) is 16.2 Å². The third-order valence-electron chi connectivity index (χ3n) is 2.57. The monoisotopic (exact) mass is 343 g/mol. The van der Waals surface area contributed by atoms with Gasteiger partial charge >= 0.3 is 12.1 Å². The normalized spacial score (nSPS) is 10.9. The van der Waals surface area contributed by atoms with Crippen molar-refractivity contribution in [2.45, 2.75) is 13.1 Å². The molecule has 22 heavy (non-hydrogen) atoms. The van der Waals surface area contributed by atoms with Gasteiger partial charge in [0, 0.05) is 12.5 Å². The highest BCUT2D eigenvalue weighted by Gasteiger charge is 2.39. The van der Waals surface area contributed by atoms with E-state index in [0.717, 1.165) is 6.92 Å². The van der Waals surface area contributed by atoms with Gasteiger partial charge in [0.05, 0.1) is 5.16 Å². The number of rotatable bonds is 3. The van der Waals surface area contributed by atoms with Crippen molar-refractivity contribution < 1.29 is 22.7 Å². The van der Waals surface area contributed by atoms with Crippen LogP contribution < -0.4 is 4.74 Å². The lowest BCUT2D eigenvalue weighted by Gasteiger charge is -2.08. The summed E-state index contributed by atoms with van der Waals surface area (Å²) >= 11 is 4.79. The second kappa shape index (κ2) is 6.39. The molecule has 8 heteroatoms. The molecule has 1 aromatic carbocycles. The molecule has 0 N–H and O–H groups in total. The zero-order chi connectivity index (χ0) is 16.3. The predicted molar refractivity (Wildman–Crippen MR) is 80.8 cm³/mol. The topological polar surface area (TPSA) is 38.7 Å². The molecule has 0 amide bonds. The summed E-state index contributed by atoms with van der Waals surface area (Å²) in [7, 11) is 0. The maximum absolute atomic E-state index is 13.3. The van der Waals surface area contributed by atoms with Gasteiger partial charge in [-0.1, -0.05) is 41.7 Å². The van der Waals surface area contributed by atoms with Crippen molar-refractivity contribution in [2.75, 3.05) is 0 Å². The van der Waals surface area contributed by atoms with E-state index in [4.69, 9.17) is 4.74 Å². The Bertz CT molecular complexity index is 747. The first kappa shape index (κ1) is 16.4. The van der Waals surface area contributed by atoms with Crippen molar-refractivity contribution >= 4 is 40.4 Å². The number of benzene rings is 1. The first-order chi connectivity index (χ1) is 10.3. The number of thiocarbonyl (C=S) groups is 1. The third kappa shape index (κ3) is 3.41. The van der Waals surface area contributed by atoms with Gasteiger partial charge < -0.3 is 4.74 Å². The summed E-state index contributed by atoms with van der Waals surface area (Å²) in [6.07, 6.45) is -4.61. The fourth-order valence-electron chi connectivity index (χ4n) is 1.82. The minimum absolute atomic E-state index is 0.145. The number of nitrogens with zero attached hydrogens (tertiary/aromatic N) is 1. The molecule has 0 fully saturated rings. The number of carbonyl (C=O) groups excluding carboxylic acids is 1. The summed E-state index contributed by atoms with van der Waals surface area (Å²) < 4.78 is 44.7. The first-order valence-corrected chi connectivity index (χ1v) is 7.12. The molecule has 0 saturated heterocycles. The largest absolute Gasteiger partial charge is 0.426 e. The first-order valence-electron chi connectivity index (χ1n) is 5.90. The number of hydrogen-bond acceptors (Lipinski definition) is 5. The Morgan fingerprint density at radius 3 is 2.45 bits per heavy atom. The van der Waals surface area contributed by atoms with Gasteiger partial charge in [0.1, 0.15) is 10.6 Å². The lowest BCUT2D eigenvalue weighted by Crippen LogP contribution is -2.03. The molecule has 0 spiro atoms. The Labute approximate surface area is 133 Å². The van der Waals surface area contributed by atoms with Gasteiger partial charge in [0.25, 0.3) is 0 Å². The van der Waals surface area contributed by atoms with Crippen molar-refractivity contribution in [3.05, 3.63) is 35.2 Å². The van der Waals surface area contributed by atoms with E-state index >= 15 is 0 Å². The molecule has 1 aromatic heterocycles. The molecule has 1 heterocycles. The molecule has 3 nitrogen and oxygen atoms in total. The molecule has 0 aliphatic carbocycles. The number of aliphatic imine (C=N–C) groups is 1. The van der Waals surface area contributed by atoms with Gasteiger partial charge in [-0.2, -0.15) is 18.2 Å². The Morgan fingerprint density at radius 1 is 1.32 bits per heavy atom. The van der Waals surface area contributed by atoms with Crippen LogP contribution in [0.3, 0.4) is 0 Å². The van der Waals surface area contributed by atoms with Gasteiger partial charge in [-0.3, -0.25) is 4.79 Å². The maximum atomic E-state index is 13.3. The highest BCUT2D eigenvalue weighted by atomic mass is 32.1. The Morgan fingerprint density at radius 2 is 1.95 bits per heavy atom. The number of isothiocyanates is 1. The number of halogens is 3. The molecule has 0 saturated carbocycles. The van der Waals surface area contributed by atoms with Crippen LogP contribution in [0.5, 0.6) is 5.06 Å². The maximum Gasteiger partial charge on any atom is 0.426 e. The van der Waals surface area contributed by atoms with Crippen molar-refractivity contribution in [2.24, 2.45) is 4.99 Å². The SMILES string of the molecule is CC(=O)Oc1sc(C(F)(F)F)c(-c2ccccc2)c1N=C=S. The summed E-state index contributed by atoms with van der Waals surface area (Å²) in [4.78, 5) is 13.9. The molecule has 2 rings (SSSR count). The van der Waals surface area contributed by atoms with E-state index in [0.29, 0.717) is 16.9 Å². The van der Waals surface area contributed by atoms with Crippen LogP contribution in [0.25, 0.3) is 11.1 Å². The molecule has 0 aliphatic rings. The molecular formula is C14H8F3NO2S2. The zero-order valence-electron chi connectivity index (χ0n) is 11.1. The average molecular weight is 343 g/mol. The smallest absolute Gasteiger partial charge is 0.413 e. The second-order valence-electron chi connectivity index (χ2n) is 4.10. The van der Waals surface area contributed by atoms with E-state index in [-0.39, 0.29) is 16.3 Å². The van der Waals surface area contributed by atoms with Crippen molar-refractivity contribution in [1.29, 1.82) is 0 Å². The van der Waals surface area contributed by atoms with Crippen LogP contribution in [0.2, 0.25) is 0 Å². The van der Waals surface area contributed by atoms with Crippen LogP contribution >= 0.6 is 23.6 Å². The molecule has 0 atom stereocenters. The number of esters is 1. The minimum Gasteiger partial charge on any atom is -0.413 e. The lowest BCUT2D eigenvalue weighted by atomic mass is 10.0. The average Bonchev–Trinajstić information content (AvgIpc) is 2.78. The van der Waals surface area contributed by atoms with E-state index in [1.54, 1.807) is 18.2 Å². The molecule has 114 valence electrons. The van der Waals surface area contributed by atoms with Crippen molar-refractivity contribution in [1.82, 2.24) is 0 Å². The Hall–Kier alpha value is -2.02. The van der Waals surface area contributed by atoms with Crippen LogP contribution in [0, 0.1) is 0 Å². The number of carbonyl (C=O) groups is 1. The second-order valence-corrected chi connectivity index (χ2v) is 5.27. The van der Waals surface area contributed by atoms with E-state index in [1.807, 2.05) is 5.16 Å². The van der Waals surface area contributed by atoms with Gasteiger partial charge in [0.15, 0.2) is 0 Å².